The van der Waals surface area contributed by atoms with Gasteiger partial charge in [0.1, 0.15) is 0 Å². The Morgan fingerprint density at radius 3 is 1.75 bits per heavy atom. The van der Waals surface area contributed by atoms with Gasteiger partial charge in [0, 0.05) is 22.5 Å². The third-order valence-electron chi connectivity index (χ3n) is 15.1. The maximum absolute atomic E-state index is 2.55. The fourth-order valence-electron chi connectivity index (χ4n) is 12.6. The van der Waals surface area contributed by atoms with E-state index in [-0.39, 0.29) is 16.2 Å². The molecule has 264 valence electrons. The van der Waals surface area contributed by atoms with Gasteiger partial charge in [-0.2, -0.15) is 0 Å². The van der Waals surface area contributed by atoms with E-state index in [9.17, 15) is 0 Å². The van der Waals surface area contributed by atoms with Crippen molar-refractivity contribution in [2.75, 3.05) is 4.90 Å². The van der Waals surface area contributed by atoms with Crippen LogP contribution in [0, 0.1) is 23.7 Å². The Morgan fingerprint density at radius 2 is 1.00 bits per heavy atom. The molecule has 4 fully saturated rings. The van der Waals surface area contributed by atoms with Crippen molar-refractivity contribution >= 4 is 27.8 Å². The lowest BCUT2D eigenvalue weighted by molar-refractivity contribution is -0.0399. The summed E-state index contributed by atoms with van der Waals surface area (Å²) >= 11 is 0. The first-order valence-electron chi connectivity index (χ1n) is 20.5. The Kier molecular flexibility index (Phi) is 6.74. The van der Waals surface area contributed by atoms with Crippen LogP contribution in [0.2, 0.25) is 0 Å². The second-order valence-corrected chi connectivity index (χ2v) is 18.9. The van der Waals surface area contributed by atoms with E-state index < -0.39 is 0 Å². The molecular formula is C52H51N. The lowest BCUT2D eigenvalue weighted by Gasteiger charge is -2.61. The predicted molar refractivity (Wildman–Crippen MR) is 223 cm³/mol. The molecule has 1 heteroatoms. The van der Waals surface area contributed by atoms with E-state index in [0.717, 1.165) is 23.7 Å². The summed E-state index contributed by atoms with van der Waals surface area (Å²) in [5.41, 5.74) is 16.0. The molecule has 53 heavy (non-hydrogen) atoms. The minimum atomic E-state index is 0.140. The minimum absolute atomic E-state index is 0.140. The molecule has 0 aromatic heterocycles. The topological polar surface area (TPSA) is 3.24 Å². The fourth-order valence-corrected chi connectivity index (χ4v) is 12.6. The van der Waals surface area contributed by atoms with Crippen LogP contribution in [0.5, 0.6) is 0 Å². The molecule has 1 nitrogen and oxygen atoms in total. The summed E-state index contributed by atoms with van der Waals surface area (Å²) in [7, 11) is 0. The predicted octanol–water partition coefficient (Wildman–Crippen LogP) is 14.0. The average molecular weight is 690 g/mol. The molecule has 6 aromatic rings. The molecule has 4 bridgehead atoms. The van der Waals surface area contributed by atoms with Crippen molar-refractivity contribution in [1.82, 2.24) is 0 Å². The lowest BCUT2D eigenvalue weighted by Crippen LogP contribution is -2.55. The van der Waals surface area contributed by atoms with Gasteiger partial charge in [0.2, 0.25) is 0 Å². The number of hydrogen-bond donors (Lipinski definition) is 0. The molecule has 12 rings (SSSR count). The van der Waals surface area contributed by atoms with Crippen LogP contribution in [0.4, 0.5) is 17.1 Å². The highest BCUT2D eigenvalue weighted by Crippen LogP contribution is 2.69. The van der Waals surface area contributed by atoms with Gasteiger partial charge >= 0.3 is 0 Å². The number of nitrogens with zero attached hydrogens (tertiary/aromatic N) is 1. The van der Waals surface area contributed by atoms with Gasteiger partial charge in [-0.05, 0) is 177 Å². The van der Waals surface area contributed by atoms with Crippen LogP contribution in [0.15, 0.2) is 127 Å². The zero-order valence-electron chi connectivity index (χ0n) is 31.8. The normalized spacial score (nSPS) is 26.7. The largest absolute Gasteiger partial charge is 0.310 e. The van der Waals surface area contributed by atoms with Gasteiger partial charge in [-0.15, -0.1) is 0 Å². The molecule has 0 aliphatic heterocycles. The quantitative estimate of drug-likeness (QED) is 0.178. The van der Waals surface area contributed by atoms with Gasteiger partial charge in [-0.1, -0.05) is 113 Å². The average Bonchev–Trinajstić information content (AvgIpc) is 3.46. The molecule has 0 unspecified atom stereocenters. The molecule has 0 atom stereocenters. The monoisotopic (exact) mass is 689 g/mol. The molecule has 0 N–H and O–H groups in total. The molecule has 1 spiro atoms. The Balaban J connectivity index is 1.01. The van der Waals surface area contributed by atoms with E-state index in [2.05, 4.69) is 160 Å². The van der Waals surface area contributed by atoms with Crippen molar-refractivity contribution in [1.29, 1.82) is 0 Å². The molecule has 6 aliphatic carbocycles. The van der Waals surface area contributed by atoms with Crippen LogP contribution in [0.3, 0.4) is 0 Å². The fraction of sp³-hybridized carbons (Fsp3) is 0.346. The van der Waals surface area contributed by atoms with Gasteiger partial charge in [0.05, 0.1) is 0 Å². The Labute approximate surface area is 316 Å². The van der Waals surface area contributed by atoms with Crippen molar-refractivity contribution in [2.24, 2.45) is 23.7 Å². The second kappa shape index (κ2) is 11.2. The summed E-state index contributed by atoms with van der Waals surface area (Å²) in [5.74, 6) is 3.53. The Bertz CT molecular complexity index is 2400. The molecule has 6 aliphatic rings. The lowest BCUT2D eigenvalue weighted by atomic mass is 9.43. The highest BCUT2D eigenvalue weighted by molar-refractivity contribution is 5.90. The van der Waals surface area contributed by atoms with E-state index >= 15 is 0 Å². The first-order chi connectivity index (χ1) is 25.7. The van der Waals surface area contributed by atoms with Crippen molar-refractivity contribution in [2.45, 2.75) is 88.9 Å². The van der Waals surface area contributed by atoms with E-state index in [1.54, 1.807) is 11.1 Å². The van der Waals surface area contributed by atoms with Gasteiger partial charge in [-0.25, -0.2) is 0 Å². The van der Waals surface area contributed by atoms with E-state index in [1.807, 2.05) is 0 Å². The summed E-state index contributed by atoms with van der Waals surface area (Å²) in [6, 6.07) is 49.4. The third kappa shape index (κ3) is 4.62. The van der Waals surface area contributed by atoms with Gasteiger partial charge < -0.3 is 4.90 Å². The van der Waals surface area contributed by atoms with Crippen LogP contribution in [-0.4, -0.2) is 0 Å². The second-order valence-electron chi connectivity index (χ2n) is 18.9. The zero-order chi connectivity index (χ0) is 35.7. The van der Waals surface area contributed by atoms with Crippen molar-refractivity contribution in [3.05, 3.63) is 150 Å². The summed E-state index contributed by atoms with van der Waals surface area (Å²) in [5, 5.41) is 2.54. The maximum atomic E-state index is 2.55. The first-order valence-corrected chi connectivity index (χ1v) is 20.5. The van der Waals surface area contributed by atoms with Gasteiger partial charge in [-0.3, -0.25) is 0 Å². The van der Waals surface area contributed by atoms with Crippen molar-refractivity contribution < 1.29 is 0 Å². The van der Waals surface area contributed by atoms with Crippen molar-refractivity contribution in [3.63, 3.8) is 0 Å². The van der Waals surface area contributed by atoms with E-state index in [1.165, 1.54) is 106 Å². The Morgan fingerprint density at radius 1 is 0.434 bits per heavy atom. The molecule has 4 saturated carbocycles. The number of fused-ring (bicyclic) bond motifs is 5. The summed E-state index contributed by atoms with van der Waals surface area (Å²) < 4.78 is 0. The summed E-state index contributed by atoms with van der Waals surface area (Å²) in [6.07, 6.45) is 9.63. The highest BCUT2D eigenvalue weighted by Gasteiger charge is 2.61. The number of benzene rings is 6. The number of rotatable bonds is 4. The van der Waals surface area contributed by atoms with E-state index in [4.69, 9.17) is 0 Å². The Hall–Kier alpha value is -4.62. The number of hydrogen-bond acceptors (Lipinski definition) is 1. The minimum Gasteiger partial charge on any atom is -0.310 e. The van der Waals surface area contributed by atoms with Crippen molar-refractivity contribution in [3.8, 4) is 22.3 Å². The number of anilines is 3. The maximum Gasteiger partial charge on any atom is 0.0468 e. The zero-order valence-corrected chi connectivity index (χ0v) is 31.8. The van der Waals surface area contributed by atoms with Crippen LogP contribution >= 0.6 is 0 Å². The van der Waals surface area contributed by atoms with Crippen LogP contribution in [0.1, 0.15) is 94.9 Å². The van der Waals surface area contributed by atoms with Gasteiger partial charge in [0.15, 0.2) is 0 Å². The van der Waals surface area contributed by atoms with Crippen LogP contribution in [-0.2, 0) is 16.2 Å². The third-order valence-corrected chi connectivity index (χ3v) is 15.1. The summed E-state index contributed by atoms with van der Waals surface area (Å²) in [6.45, 7) is 9.70. The standard InChI is InChI=1S/C52H51N/c1-50(2)23-24-51(3,4)49-32-43(20-22-48(49)50)53(42-19-15-35-9-5-6-10-37(35)30-42)41-17-13-36(14-18-41)38-16-21-47-45(31-38)44-11-7-8-12-46(44)52(47)39-26-33-25-34(28-39)29-40(52)27-33/h5-22,30-34,39-40H,23-29H2,1-4H3. The molecule has 0 heterocycles. The SMILES string of the molecule is CC1(C)CCC(C)(C)c2cc(N(c3ccc(-c4ccc5c(c4)-c4ccccc4C54C5CC6CC(C5)CC4C6)cc3)c3ccc4ccccc4c3)ccc21. The first kappa shape index (κ1) is 31.9. The molecule has 0 saturated heterocycles. The molecular weight excluding hydrogens is 639 g/mol. The molecule has 6 aromatic carbocycles. The van der Waals surface area contributed by atoms with Crippen LogP contribution < -0.4 is 4.90 Å². The smallest absolute Gasteiger partial charge is 0.0468 e. The van der Waals surface area contributed by atoms with E-state index in [0.29, 0.717) is 0 Å². The molecule has 0 amide bonds. The van der Waals surface area contributed by atoms with Crippen LogP contribution in [0.25, 0.3) is 33.0 Å². The highest BCUT2D eigenvalue weighted by atomic mass is 15.1. The molecule has 0 radical (unpaired) electrons. The summed E-state index contributed by atoms with van der Waals surface area (Å²) in [4.78, 5) is 2.48. The van der Waals surface area contributed by atoms with Gasteiger partial charge in [0.25, 0.3) is 0 Å².